The Morgan fingerprint density at radius 1 is 1.05 bits per heavy atom. The van der Waals surface area contributed by atoms with E-state index in [1.165, 1.54) is 0 Å². The molecule has 1 aromatic carbocycles. The molecule has 8 heteroatoms. The van der Waals surface area contributed by atoms with Gasteiger partial charge in [0.15, 0.2) is 0 Å². The van der Waals surface area contributed by atoms with E-state index in [1.807, 2.05) is 53.5 Å². The van der Waals surface area contributed by atoms with Crippen LogP contribution >= 0.6 is 11.8 Å². The molecule has 6 atom stereocenters. The molecule has 1 N–H and O–H groups in total. The summed E-state index contributed by atoms with van der Waals surface area (Å²) in [7, 11) is 1.77. The Labute approximate surface area is 223 Å². The van der Waals surface area contributed by atoms with Crippen molar-refractivity contribution < 1.29 is 19.5 Å². The normalized spacial score (nSPS) is 31.8. The molecule has 1 unspecified atom stereocenters. The van der Waals surface area contributed by atoms with Crippen LogP contribution in [0.4, 0.5) is 0 Å². The number of aliphatic hydroxyl groups is 1. The largest absolute Gasteiger partial charge is 0.394 e. The predicted octanol–water partition coefficient (Wildman–Crippen LogP) is 2.50. The number of likely N-dealkylation sites (N-methyl/N-ethyl adjacent to an activating group) is 1. The lowest BCUT2D eigenvalue weighted by atomic mass is 9.78. The van der Waals surface area contributed by atoms with Gasteiger partial charge >= 0.3 is 0 Å². The third kappa shape index (κ3) is 4.42. The summed E-state index contributed by atoms with van der Waals surface area (Å²) in [6.07, 6.45) is 11.6. The van der Waals surface area contributed by atoms with E-state index in [-0.39, 0.29) is 29.6 Å². The number of unbranched alkanes of at least 4 members (excludes halogenated alkanes) is 2. The predicted molar refractivity (Wildman–Crippen MR) is 145 cm³/mol. The maximum absolute atomic E-state index is 14.4. The van der Waals surface area contributed by atoms with E-state index in [4.69, 9.17) is 0 Å². The first-order valence-corrected chi connectivity index (χ1v) is 14.3. The van der Waals surface area contributed by atoms with Crippen LogP contribution in [0.1, 0.15) is 31.7 Å². The van der Waals surface area contributed by atoms with Crippen LogP contribution in [0.3, 0.4) is 0 Å². The number of amides is 3. The highest BCUT2D eigenvalue weighted by molar-refractivity contribution is 8.02. The van der Waals surface area contributed by atoms with Crippen molar-refractivity contribution in [3.05, 3.63) is 60.2 Å². The average molecular weight is 524 g/mol. The third-order valence-corrected chi connectivity index (χ3v) is 10.1. The van der Waals surface area contributed by atoms with E-state index < -0.39 is 28.7 Å². The SMILES string of the molecule is CCCCCN1CC=C[C@]23S[C@@H]4C=CCN(C)C(=O)[C@@H]4[C@H]2C(=O)N([C@@H](CO)Cc2ccccc2)C3C1=O. The van der Waals surface area contributed by atoms with Crippen LogP contribution in [0.25, 0.3) is 0 Å². The number of aliphatic hydroxyl groups excluding tert-OH is 1. The molecule has 4 aliphatic rings. The monoisotopic (exact) mass is 523 g/mol. The lowest BCUT2D eigenvalue weighted by molar-refractivity contribution is -0.146. The van der Waals surface area contributed by atoms with Gasteiger partial charge in [-0.15, -0.1) is 11.8 Å². The zero-order chi connectivity index (χ0) is 26.2. The van der Waals surface area contributed by atoms with Crippen molar-refractivity contribution in [2.75, 3.05) is 33.3 Å². The molecular weight excluding hydrogens is 486 g/mol. The summed E-state index contributed by atoms with van der Waals surface area (Å²) in [4.78, 5) is 47.4. The van der Waals surface area contributed by atoms with Gasteiger partial charge in [-0.1, -0.05) is 74.4 Å². The Morgan fingerprint density at radius 2 is 1.84 bits per heavy atom. The molecule has 1 spiro atoms. The summed E-state index contributed by atoms with van der Waals surface area (Å²) in [6, 6.07) is 8.46. The van der Waals surface area contributed by atoms with Crippen LogP contribution in [0.15, 0.2) is 54.6 Å². The van der Waals surface area contributed by atoms with Gasteiger partial charge in [0.05, 0.1) is 29.2 Å². The summed E-state index contributed by atoms with van der Waals surface area (Å²) >= 11 is 1.59. The Hall–Kier alpha value is -2.58. The molecule has 2 fully saturated rings. The summed E-state index contributed by atoms with van der Waals surface area (Å²) in [5.41, 5.74) is 0.996. The summed E-state index contributed by atoms with van der Waals surface area (Å²) in [5.74, 6) is -1.49. The Bertz CT molecular complexity index is 1090. The van der Waals surface area contributed by atoms with Gasteiger partial charge in [0.1, 0.15) is 6.04 Å². The summed E-state index contributed by atoms with van der Waals surface area (Å²) in [5, 5.41) is 10.4. The second kappa shape index (κ2) is 10.7. The van der Waals surface area contributed by atoms with Crippen molar-refractivity contribution in [1.82, 2.24) is 14.7 Å². The molecular formula is C29H37N3O4S. The fourth-order valence-electron chi connectivity index (χ4n) is 6.53. The number of carbonyl (C=O) groups excluding carboxylic acids is 3. The van der Waals surface area contributed by atoms with E-state index in [0.717, 1.165) is 24.8 Å². The Morgan fingerprint density at radius 3 is 2.57 bits per heavy atom. The van der Waals surface area contributed by atoms with Crippen molar-refractivity contribution in [1.29, 1.82) is 0 Å². The number of hydrogen-bond acceptors (Lipinski definition) is 5. The Balaban J connectivity index is 1.58. The quantitative estimate of drug-likeness (QED) is 0.418. The van der Waals surface area contributed by atoms with E-state index >= 15 is 0 Å². The van der Waals surface area contributed by atoms with Crippen LogP contribution in [0.2, 0.25) is 0 Å². The van der Waals surface area contributed by atoms with Gasteiger partial charge in [-0.3, -0.25) is 14.4 Å². The molecule has 0 aromatic heterocycles. The number of benzene rings is 1. The number of likely N-dealkylation sites (tertiary alicyclic amines) is 1. The fourth-order valence-corrected chi connectivity index (χ4v) is 8.53. The molecule has 198 valence electrons. The highest BCUT2D eigenvalue weighted by atomic mass is 32.2. The first-order valence-electron chi connectivity index (χ1n) is 13.5. The minimum absolute atomic E-state index is 0.0492. The third-order valence-electron chi connectivity index (χ3n) is 8.33. The number of fused-ring (bicyclic) bond motifs is 2. The van der Waals surface area contributed by atoms with Gasteiger partial charge in [0, 0.05) is 31.9 Å². The molecule has 1 aromatic rings. The van der Waals surface area contributed by atoms with Crippen molar-refractivity contribution in [3.63, 3.8) is 0 Å². The molecule has 5 rings (SSSR count). The van der Waals surface area contributed by atoms with Crippen LogP contribution in [-0.4, -0.2) is 92.9 Å². The smallest absolute Gasteiger partial charge is 0.247 e. The van der Waals surface area contributed by atoms with Crippen molar-refractivity contribution >= 4 is 29.5 Å². The summed E-state index contributed by atoms with van der Waals surface area (Å²) in [6.45, 7) is 3.53. The van der Waals surface area contributed by atoms with E-state index in [0.29, 0.717) is 26.1 Å². The van der Waals surface area contributed by atoms with Gasteiger partial charge in [-0.2, -0.15) is 0 Å². The van der Waals surface area contributed by atoms with Gasteiger partial charge in [0.2, 0.25) is 17.7 Å². The zero-order valence-electron chi connectivity index (χ0n) is 21.7. The lowest BCUT2D eigenvalue weighted by Gasteiger charge is -2.38. The van der Waals surface area contributed by atoms with Crippen LogP contribution in [-0.2, 0) is 20.8 Å². The van der Waals surface area contributed by atoms with E-state index in [2.05, 4.69) is 13.0 Å². The Kier molecular flexibility index (Phi) is 7.50. The highest BCUT2D eigenvalue weighted by Crippen LogP contribution is 2.61. The van der Waals surface area contributed by atoms with Crippen LogP contribution in [0.5, 0.6) is 0 Å². The number of carbonyl (C=O) groups is 3. The van der Waals surface area contributed by atoms with E-state index in [1.54, 1.807) is 28.6 Å². The first kappa shape index (κ1) is 26.0. The van der Waals surface area contributed by atoms with Crippen LogP contribution in [0, 0.1) is 11.8 Å². The molecule has 0 aliphatic carbocycles. The highest BCUT2D eigenvalue weighted by Gasteiger charge is 2.71. The molecule has 0 bridgehead atoms. The van der Waals surface area contributed by atoms with Gasteiger partial charge < -0.3 is 19.8 Å². The summed E-state index contributed by atoms with van der Waals surface area (Å²) < 4.78 is -0.842. The second-order valence-electron chi connectivity index (χ2n) is 10.7. The number of rotatable bonds is 8. The molecule has 7 nitrogen and oxygen atoms in total. The second-order valence-corrected chi connectivity index (χ2v) is 12.1. The minimum atomic E-state index is -0.842. The van der Waals surface area contributed by atoms with Crippen molar-refractivity contribution in [2.24, 2.45) is 11.8 Å². The minimum Gasteiger partial charge on any atom is -0.394 e. The number of nitrogens with zero attached hydrogens (tertiary/aromatic N) is 3. The topological polar surface area (TPSA) is 81.2 Å². The van der Waals surface area contributed by atoms with Gasteiger partial charge in [-0.05, 0) is 18.4 Å². The molecule has 3 amide bonds. The molecule has 4 aliphatic heterocycles. The molecule has 0 radical (unpaired) electrons. The zero-order valence-corrected chi connectivity index (χ0v) is 22.5. The van der Waals surface area contributed by atoms with E-state index in [9.17, 15) is 19.5 Å². The maximum atomic E-state index is 14.4. The molecule has 4 heterocycles. The first-order chi connectivity index (χ1) is 17.9. The average Bonchev–Trinajstić information content (AvgIpc) is 3.24. The fraction of sp³-hybridized carbons (Fsp3) is 0.552. The maximum Gasteiger partial charge on any atom is 0.247 e. The number of hydrogen-bond donors (Lipinski definition) is 1. The molecule has 2 saturated heterocycles. The van der Waals surface area contributed by atoms with Crippen molar-refractivity contribution in [3.8, 4) is 0 Å². The van der Waals surface area contributed by atoms with Gasteiger partial charge in [0.25, 0.3) is 0 Å². The number of thioether (sulfide) groups is 1. The standard InChI is InChI=1S/C29H37N3O4S/c1-3-4-8-16-31-17-10-14-29-24(23-22(37-29)13-9-15-30(2)26(23)34)27(35)32(25(29)28(31)36)21(19-33)18-20-11-6-5-7-12-20/h5-7,9-14,21-25,33H,3-4,8,15-19H2,1-2H3/t21-,22-,23+,24+,25?,29+/m1/s1. The van der Waals surface area contributed by atoms with Crippen molar-refractivity contribution in [2.45, 2.75) is 54.7 Å². The van der Waals surface area contributed by atoms with Gasteiger partial charge in [-0.25, -0.2) is 0 Å². The molecule has 0 saturated carbocycles. The lowest BCUT2D eigenvalue weighted by Crippen LogP contribution is -2.57. The van der Waals surface area contributed by atoms with Crippen LogP contribution < -0.4 is 0 Å². The molecule has 37 heavy (non-hydrogen) atoms.